The molecule has 0 spiro atoms. The fraction of sp³-hybridized carbons (Fsp3) is 0.300. The SMILES string of the molecule is Nc1cccc(NC(=O)OC2COC2)c1. The first kappa shape index (κ1) is 9.79. The number of nitrogen functional groups attached to an aromatic ring is 1. The van der Waals surface area contributed by atoms with Gasteiger partial charge in [0.15, 0.2) is 6.10 Å². The van der Waals surface area contributed by atoms with Crippen LogP contribution in [0.5, 0.6) is 0 Å². The first-order valence-electron chi connectivity index (χ1n) is 4.65. The summed E-state index contributed by atoms with van der Waals surface area (Å²) < 4.78 is 9.89. The van der Waals surface area contributed by atoms with Crippen LogP contribution in [0, 0.1) is 0 Å². The first-order chi connectivity index (χ1) is 7.24. The van der Waals surface area contributed by atoms with Crippen molar-refractivity contribution in [1.29, 1.82) is 0 Å². The van der Waals surface area contributed by atoms with E-state index in [-0.39, 0.29) is 6.10 Å². The molecule has 1 heterocycles. The van der Waals surface area contributed by atoms with Crippen molar-refractivity contribution in [2.75, 3.05) is 24.3 Å². The Morgan fingerprint density at radius 2 is 2.33 bits per heavy atom. The molecule has 0 bridgehead atoms. The van der Waals surface area contributed by atoms with Crippen LogP contribution < -0.4 is 11.1 Å². The molecule has 1 aliphatic heterocycles. The third kappa shape index (κ3) is 2.60. The Balaban J connectivity index is 1.87. The Labute approximate surface area is 87.2 Å². The summed E-state index contributed by atoms with van der Waals surface area (Å²) in [6.45, 7) is 0.953. The zero-order valence-electron chi connectivity index (χ0n) is 8.10. The lowest BCUT2D eigenvalue weighted by atomic mass is 10.3. The van der Waals surface area contributed by atoms with Crippen molar-refractivity contribution in [3.05, 3.63) is 24.3 Å². The van der Waals surface area contributed by atoms with Crippen LogP contribution in [0.1, 0.15) is 0 Å². The van der Waals surface area contributed by atoms with Crippen LogP contribution in [0.2, 0.25) is 0 Å². The van der Waals surface area contributed by atoms with Crippen LogP contribution in [0.15, 0.2) is 24.3 Å². The lowest BCUT2D eigenvalue weighted by Gasteiger charge is -2.25. The maximum Gasteiger partial charge on any atom is 0.412 e. The fourth-order valence-corrected chi connectivity index (χ4v) is 1.20. The predicted octanol–water partition coefficient (Wildman–Crippen LogP) is 1.22. The minimum Gasteiger partial charge on any atom is -0.441 e. The number of nitrogens with one attached hydrogen (secondary N) is 1. The van der Waals surface area contributed by atoms with Gasteiger partial charge in [-0.2, -0.15) is 0 Å². The third-order valence-electron chi connectivity index (χ3n) is 2.01. The van der Waals surface area contributed by atoms with Gasteiger partial charge in [-0.05, 0) is 18.2 Å². The van der Waals surface area contributed by atoms with E-state index in [9.17, 15) is 4.79 Å². The van der Waals surface area contributed by atoms with E-state index in [1.165, 1.54) is 0 Å². The Bertz CT molecular complexity index is 363. The van der Waals surface area contributed by atoms with Gasteiger partial charge in [-0.25, -0.2) is 4.79 Å². The molecule has 15 heavy (non-hydrogen) atoms. The molecule has 3 N–H and O–H groups in total. The van der Waals surface area contributed by atoms with Gasteiger partial charge in [0.05, 0.1) is 13.2 Å². The lowest BCUT2D eigenvalue weighted by molar-refractivity contribution is -0.0951. The van der Waals surface area contributed by atoms with Gasteiger partial charge in [0.2, 0.25) is 0 Å². The minimum absolute atomic E-state index is 0.119. The molecule has 0 aliphatic carbocycles. The molecule has 2 rings (SSSR count). The van der Waals surface area contributed by atoms with E-state index in [1.807, 2.05) is 0 Å². The van der Waals surface area contributed by atoms with Crippen LogP contribution in [-0.2, 0) is 9.47 Å². The number of ether oxygens (including phenoxy) is 2. The summed E-state index contributed by atoms with van der Waals surface area (Å²) >= 11 is 0. The molecule has 1 aliphatic rings. The van der Waals surface area contributed by atoms with E-state index in [2.05, 4.69) is 5.32 Å². The van der Waals surface area contributed by atoms with Crippen LogP contribution >= 0.6 is 0 Å². The molecule has 80 valence electrons. The standard InChI is InChI=1S/C10H12N2O3/c11-7-2-1-3-8(4-7)12-10(13)15-9-5-14-6-9/h1-4,9H,5-6,11H2,(H,12,13). The van der Waals surface area contributed by atoms with Crippen molar-refractivity contribution in [2.24, 2.45) is 0 Å². The normalized spacial score (nSPS) is 15.5. The largest absolute Gasteiger partial charge is 0.441 e. The van der Waals surface area contributed by atoms with Gasteiger partial charge in [0.1, 0.15) is 0 Å². The quantitative estimate of drug-likeness (QED) is 0.716. The predicted molar refractivity (Wildman–Crippen MR) is 55.6 cm³/mol. The topological polar surface area (TPSA) is 73.6 Å². The molecule has 1 fully saturated rings. The van der Waals surface area contributed by atoms with Crippen molar-refractivity contribution in [3.63, 3.8) is 0 Å². The number of rotatable bonds is 2. The number of hydrogen-bond donors (Lipinski definition) is 2. The molecule has 0 aromatic heterocycles. The number of carbonyl (C=O) groups is 1. The smallest absolute Gasteiger partial charge is 0.412 e. The van der Waals surface area contributed by atoms with Gasteiger partial charge in [0.25, 0.3) is 0 Å². The maximum atomic E-state index is 11.3. The third-order valence-corrected chi connectivity index (χ3v) is 2.01. The highest BCUT2D eigenvalue weighted by molar-refractivity contribution is 5.85. The number of nitrogens with two attached hydrogens (primary N) is 1. The molecule has 0 unspecified atom stereocenters. The highest BCUT2D eigenvalue weighted by Gasteiger charge is 2.22. The van der Waals surface area contributed by atoms with Crippen molar-refractivity contribution in [2.45, 2.75) is 6.10 Å². The van der Waals surface area contributed by atoms with Crippen LogP contribution in [0.4, 0.5) is 16.2 Å². The van der Waals surface area contributed by atoms with Gasteiger partial charge >= 0.3 is 6.09 Å². The summed E-state index contributed by atoms with van der Waals surface area (Å²) in [6, 6.07) is 6.92. The lowest BCUT2D eigenvalue weighted by Crippen LogP contribution is -2.38. The Morgan fingerprint density at radius 1 is 1.53 bits per heavy atom. The molecule has 1 aromatic rings. The molecular weight excluding hydrogens is 196 g/mol. The molecule has 1 aromatic carbocycles. The van der Waals surface area contributed by atoms with Crippen LogP contribution in [-0.4, -0.2) is 25.4 Å². The van der Waals surface area contributed by atoms with Crippen molar-refractivity contribution < 1.29 is 14.3 Å². The second kappa shape index (κ2) is 4.18. The van der Waals surface area contributed by atoms with Crippen LogP contribution in [0.3, 0.4) is 0 Å². The molecule has 1 amide bonds. The Kier molecular flexibility index (Phi) is 2.73. The van der Waals surface area contributed by atoms with Gasteiger partial charge in [-0.15, -0.1) is 0 Å². The minimum atomic E-state index is -0.478. The molecule has 0 radical (unpaired) electrons. The Morgan fingerprint density at radius 3 is 2.93 bits per heavy atom. The van der Waals surface area contributed by atoms with Crippen molar-refractivity contribution >= 4 is 17.5 Å². The molecule has 5 nitrogen and oxygen atoms in total. The van der Waals surface area contributed by atoms with Crippen molar-refractivity contribution in [1.82, 2.24) is 0 Å². The molecule has 1 saturated heterocycles. The van der Waals surface area contributed by atoms with Gasteiger partial charge in [-0.1, -0.05) is 6.07 Å². The summed E-state index contributed by atoms with van der Waals surface area (Å²) in [7, 11) is 0. The van der Waals surface area contributed by atoms with E-state index < -0.39 is 6.09 Å². The Hall–Kier alpha value is -1.75. The van der Waals surface area contributed by atoms with Gasteiger partial charge in [0, 0.05) is 11.4 Å². The summed E-state index contributed by atoms with van der Waals surface area (Å²) in [6.07, 6.45) is -0.597. The average Bonchev–Trinajstić information content (AvgIpc) is 2.11. The summed E-state index contributed by atoms with van der Waals surface area (Å²) in [4.78, 5) is 11.3. The summed E-state index contributed by atoms with van der Waals surface area (Å²) in [5, 5.41) is 2.59. The van der Waals surface area contributed by atoms with Gasteiger partial charge < -0.3 is 15.2 Å². The van der Waals surface area contributed by atoms with E-state index in [0.29, 0.717) is 24.6 Å². The number of carbonyl (C=O) groups excluding carboxylic acids is 1. The zero-order chi connectivity index (χ0) is 10.7. The zero-order valence-corrected chi connectivity index (χ0v) is 8.10. The summed E-state index contributed by atoms with van der Waals surface area (Å²) in [5.41, 5.74) is 6.78. The van der Waals surface area contributed by atoms with Gasteiger partial charge in [-0.3, -0.25) is 5.32 Å². The van der Waals surface area contributed by atoms with Crippen molar-refractivity contribution in [3.8, 4) is 0 Å². The maximum absolute atomic E-state index is 11.3. The van der Waals surface area contributed by atoms with E-state index in [1.54, 1.807) is 24.3 Å². The highest BCUT2D eigenvalue weighted by atomic mass is 16.6. The summed E-state index contributed by atoms with van der Waals surface area (Å²) in [5.74, 6) is 0. The molecular formula is C10H12N2O3. The van der Waals surface area contributed by atoms with E-state index >= 15 is 0 Å². The number of hydrogen-bond acceptors (Lipinski definition) is 4. The number of benzene rings is 1. The highest BCUT2D eigenvalue weighted by Crippen LogP contribution is 2.13. The fourth-order valence-electron chi connectivity index (χ4n) is 1.20. The van der Waals surface area contributed by atoms with E-state index in [4.69, 9.17) is 15.2 Å². The van der Waals surface area contributed by atoms with E-state index in [0.717, 1.165) is 0 Å². The number of anilines is 2. The number of amides is 1. The second-order valence-electron chi connectivity index (χ2n) is 3.32. The first-order valence-corrected chi connectivity index (χ1v) is 4.65. The van der Waals surface area contributed by atoms with Crippen LogP contribution in [0.25, 0.3) is 0 Å². The molecule has 0 saturated carbocycles. The molecule has 0 atom stereocenters. The average molecular weight is 208 g/mol. The molecule has 5 heteroatoms. The monoisotopic (exact) mass is 208 g/mol. The second-order valence-corrected chi connectivity index (χ2v) is 3.32.